The first-order chi connectivity index (χ1) is 11.9. The molecule has 3 atom stereocenters. The molecule has 1 aromatic rings. The van der Waals surface area contributed by atoms with Gasteiger partial charge in [-0.15, -0.1) is 0 Å². The van der Waals surface area contributed by atoms with Crippen LogP contribution in [0.3, 0.4) is 0 Å². The Kier molecular flexibility index (Phi) is 5.43. The number of aliphatic hydroxyl groups is 2. The Morgan fingerprint density at radius 2 is 2.00 bits per heavy atom. The van der Waals surface area contributed by atoms with Crippen LogP contribution in [0.25, 0.3) is 0 Å². The van der Waals surface area contributed by atoms with Gasteiger partial charge in [-0.2, -0.15) is 5.10 Å². The smallest absolute Gasteiger partial charge is 0.257 e. The number of hydrogen-bond acceptors (Lipinski definition) is 6. The van der Waals surface area contributed by atoms with E-state index >= 15 is 0 Å². The molecule has 3 rings (SSSR count). The highest BCUT2D eigenvalue weighted by atomic mass is 16.5. The first-order valence-electron chi connectivity index (χ1n) is 8.83. The molecule has 0 aliphatic carbocycles. The van der Waals surface area contributed by atoms with Gasteiger partial charge in [0.2, 0.25) is 0 Å². The molecule has 1 aromatic heterocycles. The number of ether oxygens (including phenoxy) is 1. The number of hydrogen-bond donors (Lipinski definition) is 2. The molecule has 2 fully saturated rings. The summed E-state index contributed by atoms with van der Waals surface area (Å²) < 4.78 is 7.10. The van der Waals surface area contributed by atoms with E-state index in [1.165, 1.54) is 0 Å². The van der Waals surface area contributed by atoms with E-state index in [1.54, 1.807) is 10.9 Å². The molecule has 2 N–H and O–H groups in total. The molecular weight excluding hydrogens is 324 g/mol. The fourth-order valence-corrected chi connectivity index (χ4v) is 3.75. The Balaban J connectivity index is 1.58. The minimum Gasteiger partial charge on any atom is -0.389 e. The van der Waals surface area contributed by atoms with Crippen molar-refractivity contribution in [3.8, 4) is 0 Å². The highest BCUT2D eigenvalue weighted by Crippen LogP contribution is 2.23. The lowest BCUT2D eigenvalue weighted by molar-refractivity contribution is -0.136. The molecule has 0 aromatic carbocycles. The number of carbonyl (C=O) groups is 1. The van der Waals surface area contributed by atoms with Crippen LogP contribution in [0.2, 0.25) is 0 Å². The predicted molar refractivity (Wildman–Crippen MR) is 91.3 cm³/mol. The van der Waals surface area contributed by atoms with Gasteiger partial charge >= 0.3 is 0 Å². The topological polar surface area (TPSA) is 91.1 Å². The molecule has 0 unspecified atom stereocenters. The van der Waals surface area contributed by atoms with Crippen LogP contribution in [0, 0.1) is 6.92 Å². The largest absolute Gasteiger partial charge is 0.389 e. The molecule has 0 bridgehead atoms. The number of rotatable bonds is 3. The van der Waals surface area contributed by atoms with Crippen molar-refractivity contribution >= 4 is 5.91 Å². The number of aryl methyl sites for hydroxylation is 1. The van der Waals surface area contributed by atoms with Gasteiger partial charge in [-0.25, -0.2) is 0 Å². The van der Waals surface area contributed by atoms with Gasteiger partial charge in [0, 0.05) is 31.9 Å². The van der Waals surface area contributed by atoms with Gasteiger partial charge in [-0.1, -0.05) is 0 Å². The molecule has 0 spiro atoms. The molecule has 0 saturated carbocycles. The lowest BCUT2D eigenvalue weighted by Crippen LogP contribution is -2.58. The summed E-state index contributed by atoms with van der Waals surface area (Å²) in [6, 6.07) is 0.0455. The molecule has 2 aliphatic rings. The Labute approximate surface area is 148 Å². The molecule has 25 heavy (non-hydrogen) atoms. The van der Waals surface area contributed by atoms with Crippen molar-refractivity contribution < 1.29 is 19.7 Å². The molecule has 3 heterocycles. The molecule has 8 nitrogen and oxygen atoms in total. The second-order valence-corrected chi connectivity index (χ2v) is 7.12. The van der Waals surface area contributed by atoms with Crippen molar-refractivity contribution in [2.75, 3.05) is 33.4 Å². The van der Waals surface area contributed by atoms with E-state index < -0.39 is 12.2 Å². The van der Waals surface area contributed by atoms with Crippen molar-refractivity contribution in [2.45, 2.75) is 44.1 Å². The van der Waals surface area contributed by atoms with Crippen molar-refractivity contribution in [2.24, 2.45) is 7.05 Å². The average molecular weight is 352 g/mol. The van der Waals surface area contributed by atoms with E-state index in [4.69, 9.17) is 4.74 Å². The first kappa shape index (κ1) is 18.3. The Morgan fingerprint density at radius 3 is 2.60 bits per heavy atom. The summed E-state index contributed by atoms with van der Waals surface area (Å²) >= 11 is 0. The Hall–Kier alpha value is -1.48. The molecule has 0 radical (unpaired) electrons. The standard InChI is InChI=1S/C17H28N4O4/c1-11-13(8-18-20(11)3)17(24)21-6-4-12(5-7-21)19(2)14-9-25-10-15(22)16(14)23/h8,12,14-16,22-23H,4-7,9-10H2,1-3H3/t14-,15-,16+/m1/s1. The van der Waals surface area contributed by atoms with Gasteiger partial charge in [0.25, 0.3) is 5.91 Å². The summed E-state index contributed by atoms with van der Waals surface area (Å²) in [7, 11) is 3.79. The number of nitrogens with zero attached hydrogens (tertiary/aromatic N) is 4. The highest BCUT2D eigenvalue weighted by molar-refractivity contribution is 5.95. The molecule has 2 aliphatic heterocycles. The molecular formula is C17H28N4O4. The zero-order valence-corrected chi connectivity index (χ0v) is 15.1. The first-order valence-corrected chi connectivity index (χ1v) is 8.83. The van der Waals surface area contributed by atoms with Gasteiger partial charge in [-0.05, 0) is 26.8 Å². The zero-order valence-electron chi connectivity index (χ0n) is 15.1. The molecule has 1 amide bonds. The summed E-state index contributed by atoms with van der Waals surface area (Å²) in [5.41, 5.74) is 1.54. The molecule has 2 saturated heterocycles. The zero-order chi connectivity index (χ0) is 18.1. The van der Waals surface area contributed by atoms with E-state index in [1.807, 2.05) is 25.9 Å². The number of likely N-dealkylation sites (N-methyl/N-ethyl adjacent to an activating group) is 1. The van der Waals surface area contributed by atoms with E-state index in [9.17, 15) is 15.0 Å². The number of aliphatic hydroxyl groups excluding tert-OH is 2. The van der Waals surface area contributed by atoms with Crippen LogP contribution in [-0.2, 0) is 11.8 Å². The molecule has 140 valence electrons. The van der Waals surface area contributed by atoms with Crippen LogP contribution in [0.15, 0.2) is 6.20 Å². The summed E-state index contributed by atoms with van der Waals surface area (Å²) in [6.07, 6.45) is 1.67. The third-order valence-electron chi connectivity index (χ3n) is 5.68. The van der Waals surface area contributed by atoms with Gasteiger partial charge in [0.15, 0.2) is 0 Å². The van der Waals surface area contributed by atoms with E-state index in [0.29, 0.717) is 25.3 Å². The third-order valence-corrected chi connectivity index (χ3v) is 5.68. The maximum Gasteiger partial charge on any atom is 0.257 e. The van der Waals surface area contributed by atoms with Crippen LogP contribution in [-0.4, -0.2) is 93.3 Å². The van der Waals surface area contributed by atoms with Crippen LogP contribution < -0.4 is 0 Å². The Morgan fingerprint density at radius 1 is 1.32 bits per heavy atom. The normalized spacial score (nSPS) is 28.6. The van der Waals surface area contributed by atoms with Gasteiger partial charge in [0.1, 0.15) is 6.10 Å². The van der Waals surface area contributed by atoms with Crippen molar-refractivity contribution in [1.82, 2.24) is 19.6 Å². The van der Waals surface area contributed by atoms with Crippen LogP contribution >= 0.6 is 0 Å². The van der Waals surface area contributed by atoms with Crippen LogP contribution in [0.1, 0.15) is 28.9 Å². The second-order valence-electron chi connectivity index (χ2n) is 7.12. The van der Waals surface area contributed by atoms with Gasteiger partial charge in [-0.3, -0.25) is 14.4 Å². The summed E-state index contributed by atoms with van der Waals surface area (Å²) in [5.74, 6) is 0.0307. The SMILES string of the molecule is Cc1c(C(=O)N2CCC(N(C)[C@@H]3COC[C@@H](O)[C@H]3O)CC2)cnn1C. The van der Waals surface area contributed by atoms with Crippen LogP contribution in [0.5, 0.6) is 0 Å². The lowest BCUT2D eigenvalue weighted by Gasteiger charge is -2.44. The number of aromatic nitrogens is 2. The minimum atomic E-state index is -0.837. The van der Waals surface area contributed by atoms with Crippen LogP contribution in [0.4, 0.5) is 0 Å². The van der Waals surface area contributed by atoms with Crippen molar-refractivity contribution in [3.05, 3.63) is 17.5 Å². The number of piperidine rings is 1. The van der Waals surface area contributed by atoms with E-state index in [-0.39, 0.29) is 24.6 Å². The number of carbonyl (C=O) groups excluding carboxylic acids is 1. The van der Waals surface area contributed by atoms with E-state index in [0.717, 1.165) is 18.5 Å². The van der Waals surface area contributed by atoms with Crippen molar-refractivity contribution in [1.29, 1.82) is 0 Å². The fraction of sp³-hybridized carbons (Fsp3) is 0.765. The van der Waals surface area contributed by atoms with Gasteiger partial charge < -0.3 is 19.8 Å². The number of likely N-dealkylation sites (tertiary alicyclic amines) is 1. The van der Waals surface area contributed by atoms with Gasteiger partial charge in [0.05, 0.1) is 37.1 Å². The summed E-state index contributed by atoms with van der Waals surface area (Å²) in [6.45, 7) is 3.85. The fourth-order valence-electron chi connectivity index (χ4n) is 3.75. The minimum absolute atomic E-state index is 0.0307. The summed E-state index contributed by atoms with van der Waals surface area (Å²) in [4.78, 5) is 16.6. The predicted octanol–water partition coefficient (Wildman–Crippen LogP) is -0.614. The average Bonchev–Trinajstić information content (AvgIpc) is 2.95. The maximum atomic E-state index is 12.7. The quantitative estimate of drug-likeness (QED) is 0.754. The van der Waals surface area contributed by atoms with Crippen molar-refractivity contribution in [3.63, 3.8) is 0 Å². The highest BCUT2D eigenvalue weighted by Gasteiger charge is 2.37. The second kappa shape index (κ2) is 7.41. The number of amides is 1. The van der Waals surface area contributed by atoms with E-state index in [2.05, 4.69) is 10.00 Å². The molecule has 8 heteroatoms. The maximum absolute atomic E-state index is 12.7. The third kappa shape index (κ3) is 3.57. The monoisotopic (exact) mass is 352 g/mol. The Bertz CT molecular complexity index is 612. The summed E-state index contributed by atoms with van der Waals surface area (Å²) in [5, 5.41) is 24.2. The lowest BCUT2D eigenvalue weighted by atomic mass is 9.96.